The van der Waals surface area contributed by atoms with Crippen molar-refractivity contribution >= 4 is 22.7 Å². The van der Waals surface area contributed by atoms with Gasteiger partial charge in [-0.1, -0.05) is 30.7 Å². The number of nitrogens with two attached hydrogens (primary N) is 1. The third-order valence-corrected chi connectivity index (χ3v) is 8.97. The molecule has 5 rings (SSSR count). The molecule has 9 heteroatoms. The van der Waals surface area contributed by atoms with Gasteiger partial charge in [-0.2, -0.15) is 0 Å². The summed E-state index contributed by atoms with van der Waals surface area (Å²) in [6, 6.07) is 12.8. The molecule has 43 heavy (non-hydrogen) atoms. The lowest BCUT2D eigenvalue weighted by Gasteiger charge is -2.44. The van der Waals surface area contributed by atoms with Crippen LogP contribution >= 0.6 is 0 Å². The Kier molecular flexibility index (Phi) is 10.4. The van der Waals surface area contributed by atoms with Gasteiger partial charge in [-0.15, -0.1) is 0 Å². The summed E-state index contributed by atoms with van der Waals surface area (Å²) in [6.07, 6.45) is 7.72. The van der Waals surface area contributed by atoms with Crippen molar-refractivity contribution in [2.75, 3.05) is 39.4 Å². The highest BCUT2D eigenvalue weighted by molar-refractivity contribution is 5.98. The summed E-state index contributed by atoms with van der Waals surface area (Å²) in [4.78, 5) is 37.2. The van der Waals surface area contributed by atoms with Crippen LogP contribution in [-0.2, 0) is 16.1 Å². The normalized spacial score (nSPS) is 18.3. The van der Waals surface area contributed by atoms with E-state index in [9.17, 15) is 9.59 Å². The van der Waals surface area contributed by atoms with Crippen molar-refractivity contribution in [2.24, 2.45) is 5.73 Å². The maximum Gasteiger partial charge on any atom is 0.248 e. The Balaban J connectivity index is 1.43. The number of nitrogens with zero attached hydrogens (tertiary/aromatic N) is 3. The number of likely N-dealkylation sites (tertiary alicyclic amines) is 2. The summed E-state index contributed by atoms with van der Waals surface area (Å²) in [6.45, 7) is 10.2. The van der Waals surface area contributed by atoms with E-state index in [0.29, 0.717) is 30.8 Å². The molecule has 3 heterocycles. The number of imide groups is 1. The quantitative estimate of drug-likeness (QED) is 0.329. The first-order chi connectivity index (χ1) is 20.9. The van der Waals surface area contributed by atoms with E-state index in [0.717, 1.165) is 61.1 Å². The van der Waals surface area contributed by atoms with Crippen LogP contribution in [0.3, 0.4) is 0 Å². The molecule has 0 radical (unpaired) electrons. The Morgan fingerprint density at radius 2 is 1.67 bits per heavy atom. The molecule has 9 nitrogen and oxygen atoms in total. The molecule has 3 aromatic rings. The van der Waals surface area contributed by atoms with Crippen molar-refractivity contribution in [1.82, 2.24) is 19.7 Å². The number of amides is 2. The van der Waals surface area contributed by atoms with Gasteiger partial charge in [0.15, 0.2) is 11.5 Å². The highest BCUT2D eigenvalue weighted by Crippen LogP contribution is 2.32. The summed E-state index contributed by atoms with van der Waals surface area (Å²) in [5, 5.41) is 0.998. The Morgan fingerprint density at radius 3 is 2.37 bits per heavy atom. The van der Waals surface area contributed by atoms with E-state index in [1.165, 1.54) is 31.1 Å². The highest BCUT2D eigenvalue weighted by atomic mass is 16.5. The predicted octanol–water partition coefficient (Wildman–Crippen LogP) is 4.86. The highest BCUT2D eigenvalue weighted by Gasteiger charge is 2.40. The number of aromatic nitrogens is 1. The lowest BCUT2D eigenvalue weighted by molar-refractivity contribution is -0.149. The fourth-order valence-electron chi connectivity index (χ4n) is 6.77. The van der Waals surface area contributed by atoms with Gasteiger partial charge < -0.3 is 25.1 Å². The van der Waals surface area contributed by atoms with Crippen LogP contribution in [0, 0.1) is 0 Å². The lowest BCUT2D eigenvalue weighted by Crippen LogP contribution is -2.58. The number of para-hydroxylation sites is 1. The second-order valence-corrected chi connectivity index (χ2v) is 11.7. The van der Waals surface area contributed by atoms with Crippen LogP contribution in [0.4, 0.5) is 0 Å². The zero-order chi connectivity index (χ0) is 30.3. The number of rotatable bonds is 11. The van der Waals surface area contributed by atoms with Crippen molar-refractivity contribution in [3.63, 3.8) is 0 Å². The molecular weight excluding hydrogens is 542 g/mol. The Morgan fingerprint density at radius 1 is 0.977 bits per heavy atom. The number of piperidine rings is 2. The lowest BCUT2D eigenvalue weighted by atomic mass is 9.93. The van der Waals surface area contributed by atoms with Gasteiger partial charge in [0.05, 0.1) is 25.8 Å². The predicted molar refractivity (Wildman–Crippen MR) is 169 cm³/mol. The molecule has 2 aromatic carbocycles. The molecule has 2 aliphatic rings. The van der Waals surface area contributed by atoms with Crippen LogP contribution < -0.4 is 15.2 Å². The number of hydrogen-bond acceptors (Lipinski definition) is 7. The Hall–Kier alpha value is -3.40. The average Bonchev–Trinajstić information content (AvgIpc) is 3.46. The van der Waals surface area contributed by atoms with E-state index in [4.69, 9.17) is 15.2 Å². The maximum atomic E-state index is 14.5. The third-order valence-electron chi connectivity index (χ3n) is 8.97. The molecule has 1 aromatic heterocycles. The van der Waals surface area contributed by atoms with Crippen molar-refractivity contribution in [3.8, 4) is 11.5 Å². The van der Waals surface area contributed by atoms with E-state index < -0.39 is 12.1 Å². The third kappa shape index (κ3) is 7.06. The average molecular weight is 590 g/mol. The van der Waals surface area contributed by atoms with Gasteiger partial charge in [0, 0.05) is 43.2 Å². The SMILES string of the molecule is CCOc1ccc(CN(C(C)=O)C(=O)C(C(N)c2c[nH]c3ccccc23)N2CCC(N3CCCCC3)CC2)cc1OCC. The monoisotopic (exact) mass is 589 g/mol. The first-order valence-electron chi connectivity index (χ1n) is 15.9. The number of carbonyl (C=O) groups excluding carboxylic acids is 2. The number of ether oxygens (including phenoxy) is 2. The van der Waals surface area contributed by atoms with Crippen molar-refractivity contribution in [2.45, 2.75) is 77.5 Å². The molecule has 0 saturated carbocycles. The number of hydrogen-bond donors (Lipinski definition) is 2. The largest absolute Gasteiger partial charge is 0.490 e. The molecule has 2 amide bonds. The number of benzene rings is 2. The molecule has 0 spiro atoms. The molecular formula is C34H47N5O4. The first-order valence-corrected chi connectivity index (χ1v) is 15.9. The topological polar surface area (TPSA) is 104 Å². The zero-order valence-corrected chi connectivity index (χ0v) is 25.9. The summed E-state index contributed by atoms with van der Waals surface area (Å²) >= 11 is 0. The van der Waals surface area contributed by atoms with Gasteiger partial charge >= 0.3 is 0 Å². The molecule has 2 aliphatic heterocycles. The van der Waals surface area contributed by atoms with E-state index in [1.54, 1.807) is 0 Å². The summed E-state index contributed by atoms with van der Waals surface area (Å²) in [7, 11) is 0. The minimum absolute atomic E-state index is 0.127. The molecule has 0 aliphatic carbocycles. The van der Waals surface area contributed by atoms with Crippen molar-refractivity contribution < 1.29 is 19.1 Å². The molecule has 2 fully saturated rings. The van der Waals surface area contributed by atoms with Crippen LogP contribution in [-0.4, -0.2) is 83.0 Å². The standard InChI is InChI=1S/C34H47N5O4/c1-4-42-30-14-13-25(21-31(30)43-5-2)23-39(24(3)40)34(41)33(32(35)28-22-36-29-12-8-7-11-27(28)29)38-19-15-26(16-20-38)37-17-9-6-10-18-37/h7-8,11-14,21-22,26,32-33,36H,4-6,9-10,15-20,23,35H2,1-3H3. The van der Waals surface area contributed by atoms with Gasteiger partial charge in [0.2, 0.25) is 11.8 Å². The van der Waals surface area contributed by atoms with Crippen LogP contribution in [0.2, 0.25) is 0 Å². The fraction of sp³-hybridized carbons (Fsp3) is 0.529. The number of aromatic amines is 1. The molecule has 2 atom stereocenters. The van der Waals surface area contributed by atoms with E-state index in [-0.39, 0.29) is 18.4 Å². The molecule has 3 N–H and O–H groups in total. The van der Waals surface area contributed by atoms with Crippen molar-refractivity contribution in [3.05, 3.63) is 59.8 Å². The van der Waals surface area contributed by atoms with Crippen molar-refractivity contribution in [1.29, 1.82) is 0 Å². The van der Waals surface area contributed by atoms with Gasteiger partial charge in [-0.05, 0) is 81.9 Å². The van der Waals surface area contributed by atoms with Crippen LogP contribution in [0.1, 0.15) is 70.0 Å². The second-order valence-electron chi connectivity index (χ2n) is 11.7. The minimum Gasteiger partial charge on any atom is -0.490 e. The molecule has 2 unspecified atom stereocenters. The Labute approximate surface area is 255 Å². The van der Waals surface area contributed by atoms with Crippen LogP contribution in [0.25, 0.3) is 10.9 Å². The number of carbonyl (C=O) groups is 2. The van der Waals surface area contributed by atoms with Gasteiger partial charge in [0.25, 0.3) is 0 Å². The maximum absolute atomic E-state index is 14.5. The summed E-state index contributed by atoms with van der Waals surface area (Å²) in [5.41, 5.74) is 9.69. The molecule has 232 valence electrons. The fourth-order valence-corrected chi connectivity index (χ4v) is 6.77. The second kappa shape index (κ2) is 14.4. The number of H-pyrrole nitrogens is 1. The molecule has 0 bridgehead atoms. The minimum atomic E-state index is -0.681. The zero-order valence-electron chi connectivity index (χ0n) is 25.9. The summed E-state index contributed by atoms with van der Waals surface area (Å²) in [5.74, 6) is 0.666. The van der Waals surface area contributed by atoms with Gasteiger partial charge in [-0.25, -0.2) is 0 Å². The Bertz CT molecular complexity index is 1380. The smallest absolute Gasteiger partial charge is 0.248 e. The number of fused-ring (bicyclic) bond motifs is 1. The van der Waals surface area contributed by atoms with Crippen LogP contribution in [0.15, 0.2) is 48.7 Å². The first kappa shape index (κ1) is 31.0. The molecule has 2 saturated heterocycles. The van der Waals surface area contributed by atoms with E-state index in [1.807, 2.05) is 62.5 Å². The van der Waals surface area contributed by atoms with E-state index >= 15 is 0 Å². The summed E-state index contributed by atoms with van der Waals surface area (Å²) < 4.78 is 11.5. The number of nitrogens with one attached hydrogen (secondary N) is 1. The van der Waals surface area contributed by atoms with Crippen LogP contribution in [0.5, 0.6) is 11.5 Å². The van der Waals surface area contributed by atoms with Gasteiger partial charge in [-0.3, -0.25) is 19.4 Å². The van der Waals surface area contributed by atoms with Gasteiger partial charge in [0.1, 0.15) is 6.04 Å². The van der Waals surface area contributed by atoms with E-state index in [2.05, 4.69) is 14.8 Å².